The Balaban J connectivity index is 1.55. The number of aliphatic hydroxyl groups is 1. The van der Waals surface area contributed by atoms with Crippen molar-refractivity contribution >= 4 is 11.3 Å². The molecule has 1 N–H and O–H groups in total. The second-order valence-corrected chi connectivity index (χ2v) is 8.83. The molecule has 1 fully saturated rings. The highest BCUT2D eigenvalue weighted by molar-refractivity contribution is 5.90. The smallest absolute Gasteiger partial charge is 0.302 e. The van der Waals surface area contributed by atoms with Crippen molar-refractivity contribution in [2.75, 3.05) is 40.0 Å². The first kappa shape index (κ1) is 23.7. The minimum atomic E-state index is 0.169. The van der Waals surface area contributed by atoms with E-state index in [-0.39, 0.29) is 6.61 Å². The summed E-state index contributed by atoms with van der Waals surface area (Å²) in [6, 6.07) is 11.6. The summed E-state index contributed by atoms with van der Waals surface area (Å²) in [5.74, 6) is 0.884. The van der Waals surface area contributed by atoms with Crippen molar-refractivity contribution in [3.8, 4) is 34.3 Å². The molecule has 1 aliphatic rings. The maximum atomic E-state index is 9.31. The lowest BCUT2D eigenvalue weighted by molar-refractivity contribution is 0.107. The zero-order valence-electron chi connectivity index (χ0n) is 20.2. The van der Waals surface area contributed by atoms with Crippen LogP contribution in [0.2, 0.25) is 0 Å². The van der Waals surface area contributed by atoms with Gasteiger partial charge >= 0.3 is 6.01 Å². The third-order valence-electron chi connectivity index (χ3n) is 6.49. The molecular weight excluding hydrogens is 456 g/mol. The van der Waals surface area contributed by atoms with Crippen molar-refractivity contribution < 1.29 is 14.6 Å². The fourth-order valence-electron chi connectivity index (χ4n) is 4.70. The van der Waals surface area contributed by atoms with Crippen LogP contribution in [0.25, 0.3) is 32.9 Å². The molecule has 0 spiro atoms. The van der Waals surface area contributed by atoms with E-state index in [4.69, 9.17) is 21.0 Å². The van der Waals surface area contributed by atoms with E-state index in [1.807, 2.05) is 34.9 Å². The van der Waals surface area contributed by atoms with E-state index in [9.17, 15) is 5.11 Å². The van der Waals surface area contributed by atoms with Gasteiger partial charge < -0.3 is 19.5 Å². The van der Waals surface area contributed by atoms with Gasteiger partial charge in [0.05, 0.1) is 38.2 Å². The standard InChI is InChI=1S/C27H28N6O3/c1-28-22-8-5-20(6-9-22)25-24(21-7-10-23(35-2)30-16-21)26-29-11-13-33(26)27(31-25)36-18-19-4-3-12-32(17-19)14-15-34/h5-11,13,16,19,34H,3-4,12,14-15,17-18H2,2H3/t19-/m1/s1. The van der Waals surface area contributed by atoms with Gasteiger partial charge in [-0.05, 0) is 31.0 Å². The maximum absolute atomic E-state index is 9.31. The number of piperidine rings is 1. The van der Waals surface area contributed by atoms with Gasteiger partial charge in [-0.1, -0.05) is 24.3 Å². The number of likely N-dealkylation sites (tertiary alicyclic amines) is 1. The van der Waals surface area contributed by atoms with Crippen molar-refractivity contribution in [1.29, 1.82) is 0 Å². The van der Waals surface area contributed by atoms with E-state index in [2.05, 4.69) is 19.7 Å². The van der Waals surface area contributed by atoms with E-state index >= 15 is 0 Å². The molecule has 1 aliphatic heterocycles. The Bertz CT molecular complexity index is 1360. The van der Waals surface area contributed by atoms with Crippen LogP contribution in [0, 0.1) is 12.5 Å². The van der Waals surface area contributed by atoms with Gasteiger partial charge in [-0.2, -0.15) is 4.98 Å². The van der Waals surface area contributed by atoms with Crippen LogP contribution in [-0.2, 0) is 0 Å². The summed E-state index contributed by atoms with van der Waals surface area (Å²) in [7, 11) is 1.59. The van der Waals surface area contributed by atoms with Crippen LogP contribution >= 0.6 is 0 Å². The molecule has 0 saturated carbocycles. The predicted octanol–water partition coefficient (Wildman–Crippen LogP) is 4.10. The van der Waals surface area contributed by atoms with Gasteiger partial charge in [-0.25, -0.2) is 14.8 Å². The van der Waals surface area contributed by atoms with Crippen molar-refractivity contribution in [1.82, 2.24) is 24.3 Å². The SMILES string of the molecule is [C-]#[N+]c1ccc(-c2nc(OC[C@@H]3CCCN(CCO)C3)n3ccnc3c2-c2ccc(OC)nc2)cc1. The van der Waals surface area contributed by atoms with Crippen molar-refractivity contribution in [3.63, 3.8) is 0 Å². The highest BCUT2D eigenvalue weighted by Crippen LogP contribution is 2.36. The Labute approximate surface area is 209 Å². The number of rotatable bonds is 8. The van der Waals surface area contributed by atoms with Gasteiger partial charge in [-0.15, -0.1) is 0 Å². The maximum Gasteiger partial charge on any atom is 0.302 e. The van der Waals surface area contributed by atoms with Crippen LogP contribution in [0.15, 0.2) is 55.0 Å². The topological polar surface area (TPSA) is 89.4 Å². The molecule has 0 unspecified atom stereocenters. The van der Waals surface area contributed by atoms with Gasteiger partial charge in [0.25, 0.3) is 0 Å². The van der Waals surface area contributed by atoms with Gasteiger partial charge in [0.1, 0.15) is 0 Å². The fourth-order valence-corrected chi connectivity index (χ4v) is 4.70. The van der Waals surface area contributed by atoms with Gasteiger partial charge in [0, 0.05) is 49.2 Å². The van der Waals surface area contributed by atoms with Crippen LogP contribution in [0.5, 0.6) is 11.9 Å². The molecule has 0 bridgehead atoms. The zero-order chi connectivity index (χ0) is 24.9. The van der Waals surface area contributed by atoms with Crippen LogP contribution in [0.4, 0.5) is 5.69 Å². The number of hydrogen-bond acceptors (Lipinski definition) is 7. The molecule has 9 heteroatoms. The summed E-state index contributed by atoms with van der Waals surface area (Å²) in [6.07, 6.45) is 7.50. The van der Waals surface area contributed by atoms with Gasteiger partial charge in [-0.3, -0.25) is 4.40 Å². The average molecular weight is 485 g/mol. The first-order valence-corrected chi connectivity index (χ1v) is 12.0. The lowest BCUT2D eigenvalue weighted by Crippen LogP contribution is -2.39. The van der Waals surface area contributed by atoms with Gasteiger partial charge in [0.15, 0.2) is 11.3 Å². The minimum Gasteiger partial charge on any atom is -0.481 e. The molecule has 1 atom stereocenters. The molecule has 9 nitrogen and oxygen atoms in total. The second-order valence-electron chi connectivity index (χ2n) is 8.83. The first-order chi connectivity index (χ1) is 17.7. The lowest BCUT2D eigenvalue weighted by atomic mass is 9.99. The summed E-state index contributed by atoms with van der Waals surface area (Å²) in [6.45, 7) is 10.6. The van der Waals surface area contributed by atoms with Crippen LogP contribution < -0.4 is 9.47 Å². The highest BCUT2D eigenvalue weighted by atomic mass is 16.5. The van der Waals surface area contributed by atoms with Crippen molar-refractivity contribution in [2.45, 2.75) is 12.8 Å². The Morgan fingerprint density at radius 1 is 1.14 bits per heavy atom. The molecule has 0 radical (unpaired) electrons. The third-order valence-corrected chi connectivity index (χ3v) is 6.49. The Morgan fingerprint density at radius 2 is 1.97 bits per heavy atom. The predicted molar refractivity (Wildman–Crippen MR) is 136 cm³/mol. The van der Waals surface area contributed by atoms with Crippen LogP contribution in [0.3, 0.4) is 0 Å². The first-order valence-electron chi connectivity index (χ1n) is 12.0. The molecule has 0 aliphatic carbocycles. The molecule has 4 aromatic rings. The third kappa shape index (κ3) is 4.87. The number of hydrogen-bond donors (Lipinski definition) is 1. The lowest BCUT2D eigenvalue weighted by Gasteiger charge is -2.32. The molecular formula is C27H28N6O3. The van der Waals surface area contributed by atoms with E-state index in [0.29, 0.717) is 48.0 Å². The number of pyridine rings is 1. The Hall–Kier alpha value is -4.00. The molecule has 4 heterocycles. The molecule has 1 saturated heterocycles. The van der Waals surface area contributed by atoms with E-state index in [1.165, 1.54) is 0 Å². The number of nitrogens with zero attached hydrogens (tertiary/aromatic N) is 6. The number of benzene rings is 1. The molecule has 36 heavy (non-hydrogen) atoms. The average Bonchev–Trinajstić information content (AvgIpc) is 3.42. The largest absolute Gasteiger partial charge is 0.481 e. The summed E-state index contributed by atoms with van der Waals surface area (Å²) in [5.41, 5.74) is 4.51. The second kappa shape index (κ2) is 10.7. The number of β-amino-alcohol motifs (C(OH)–C–C–N with tert-alkyl or cyclic N) is 1. The molecule has 5 rings (SSSR count). The minimum absolute atomic E-state index is 0.169. The number of ether oxygens (including phenoxy) is 2. The summed E-state index contributed by atoms with van der Waals surface area (Å²) in [4.78, 5) is 19.8. The number of imidazole rings is 1. The Morgan fingerprint density at radius 3 is 2.69 bits per heavy atom. The normalized spacial score (nSPS) is 16.1. The molecule has 3 aromatic heterocycles. The van der Waals surface area contributed by atoms with Crippen molar-refractivity contribution in [2.24, 2.45) is 5.92 Å². The Kier molecular flexibility index (Phi) is 7.07. The van der Waals surface area contributed by atoms with Gasteiger partial charge in [0.2, 0.25) is 5.88 Å². The number of fused-ring (bicyclic) bond motifs is 1. The quantitative estimate of drug-likeness (QED) is 0.377. The zero-order valence-corrected chi connectivity index (χ0v) is 20.2. The van der Waals surface area contributed by atoms with E-state index in [1.54, 1.807) is 31.6 Å². The van der Waals surface area contributed by atoms with Crippen LogP contribution in [0.1, 0.15) is 12.8 Å². The summed E-state index contributed by atoms with van der Waals surface area (Å²) in [5, 5.41) is 9.31. The highest BCUT2D eigenvalue weighted by Gasteiger charge is 2.23. The summed E-state index contributed by atoms with van der Waals surface area (Å²) >= 11 is 0. The molecule has 184 valence electrons. The molecule has 0 amide bonds. The fraction of sp³-hybridized carbons (Fsp3) is 0.333. The number of aliphatic hydroxyl groups excluding tert-OH is 1. The molecule has 1 aromatic carbocycles. The number of methoxy groups -OCH3 is 1. The van der Waals surface area contributed by atoms with E-state index in [0.717, 1.165) is 42.6 Å². The van der Waals surface area contributed by atoms with Crippen molar-refractivity contribution in [3.05, 3.63) is 66.4 Å². The van der Waals surface area contributed by atoms with E-state index < -0.39 is 0 Å². The number of aromatic nitrogens is 4. The summed E-state index contributed by atoms with van der Waals surface area (Å²) < 4.78 is 13.4. The monoisotopic (exact) mass is 484 g/mol. The van der Waals surface area contributed by atoms with Crippen LogP contribution in [-0.4, -0.2) is 69.3 Å².